The van der Waals surface area contributed by atoms with Gasteiger partial charge in [-0.05, 0) is 12.8 Å². The van der Waals surface area contributed by atoms with Gasteiger partial charge in [0.15, 0.2) is 0 Å². The number of nitrogens with zero attached hydrogens (tertiary/aromatic N) is 1. The third-order valence-corrected chi connectivity index (χ3v) is 4.08. The van der Waals surface area contributed by atoms with Crippen molar-refractivity contribution in [2.24, 2.45) is 5.41 Å². The Morgan fingerprint density at radius 1 is 1.20 bits per heavy atom. The Morgan fingerprint density at radius 2 is 1.85 bits per heavy atom. The lowest BCUT2D eigenvalue weighted by molar-refractivity contribution is -0.145. The predicted octanol–water partition coefficient (Wildman–Crippen LogP) is 0.151. The van der Waals surface area contributed by atoms with Crippen LogP contribution in [-0.4, -0.2) is 42.2 Å². The zero-order valence-corrected chi connectivity index (χ0v) is 11.5. The first-order chi connectivity index (χ1) is 9.48. The van der Waals surface area contributed by atoms with Crippen molar-refractivity contribution in [3.63, 3.8) is 0 Å². The lowest BCUT2D eigenvalue weighted by atomic mass is 9.73. The third-order valence-electron chi connectivity index (χ3n) is 4.08. The topological polar surface area (TPSA) is 95.6 Å². The summed E-state index contributed by atoms with van der Waals surface area (Å²) in [6, 6.07) is -0.651. The van der Waals surface area contributed by atoms with Crippen LogP contribution in [-0.2, 0) is 14.4 Å². The molecule has 1 saturated heterocycles. The Labute approximate surface area is 117 Å². The zero-order chi connectivity index (χ0) is 14.8. The molecule has 0 aromatic rings. The van der Waals surface area contributed by atoms with E-state index in [-0.39, 0.29) is 24.8 Å². The monoisotopic (exact) mass is 281 g/mol. The molecule has 0 unspecified atom stereocenters. The molecule has 0 aromatic carbocycles. The molecule has 0 radical (unpaired) electrons. The predicted molar refractivity (Wildman–Crippen MR) is 69.5 cm³/mol. The van der Waals surface area contributed by atoms with Crippen molar-refractivity contribution in [2.45, 2.75) is 38.5 Å². The Kier molecular flexibility index (Phi) is 4.06. The minimum Gasteiger partial charge on any atom is -0.341 e. The molecule has 1 aliphatic carbocycles. The molecule has 1 spiro atoms. The van der Waals surface area contributed by atoms with Gasteiger partial charge in [-0.2, -0.15) is 0 Å². The molecule has 2 aliphatic rings. The summed E-state index contributed by atoms with van der Waals surface area (Å²) in [6.45, 7) is -0.382. The van der Waals surface area contributed by atoms with Gasteiger partial charge in [0.2, 0.25) is 17.7 Å². The summed E-state index contributed by atoms with van der Waals surface area (Å²) in [5, 5.41) is 4.29. The largest absolute Gasteiger partial charge is 0.341 e. The highest BCUT2D eigenvalue weighted by atomic mass is 16.2. The van der Waals surface area contributed by atoms with Crippen molar-refractivity contribution >= 4 is 23.8 Å². The Balaban J connectivity index is 2.02. The van der Waals surface area contributed by atoms with Crippen LogP contribution in [0.15, 0.2) is 0 Å². The maximum Gasteiger partial charge on any atom is 0.321 e. The molecular weight excluding hydrogens is 262 g/mol. The molecule has 1 saturated carbocycles. The molecule has 20 heavy (non-hydrogen) atoms. The fourth-order valence-corrected chi connectivity index (χ4v) is 3.01. The van der Waals surface area contributed by atoms with Crippen LogP contribution >= 0.6 is 0 Å². The molecule has 2 rings (SSSR count). The van der Waals surface area contributed by atoms with E-state index in [9.17, 15) is 19.2 Å². The van der Waals surface area contributed by atoms with E-state index in [1.807, 2.05) is 0 Å². The smallest absolute Gasteiger partial charge is 0.321 e. The molecule has 0 aromatic heterocycles. The number of amides is 5. The van der Waals surface area contributed by atoms with Crippen molar-refractivity contribution in [3.8, 4) is 0 Å². The van der Waals surface area contributed by atoms with E-state index in [2.05, 4.69) is 10.6 Å². The highest BCUT2D eigenvalue weighted by Crippen LogP contribution is 2.45. The van der Waals surface area contributed by atoms with E-state index in [0.717, 1.165) is 24.2 Å². The average molecular weight is 281 g/mol. The van der Waals surface area contributed by atoms with Gasteiger partial charge in [0.05, 0.1) is 5.41 Å². The van der Waals surface area contributed by atoms with Crippen LogP contribution in [0.5, 0.6) is 0 Å². The molecule has 2 N–H and O–H groups in total. The van der Waals surface area contributed by atoms with E-state index in [1.165, 1.54) is 7.05 Å². The summed E-state index contributed by atoms with van der Waals surface area (Å²) in [5.41, 5.74) is -0.595. The normalized spacial score (nSPS) is 21.1. The fourth-order valence-electron chi connectivity index (χ4n) is 3.01. The Hall–Kier alpha value is -1.92. The standard InChI is InChI=1S/C13H19N3O4/c1-14-12(20)15-9(17)8-16-10(18)7-13(11(16)19)5-3-2-4-6-13/h2-8H2,1H3,(H2,14,15,17,20). The average Bonchev–Trinajstić information content (AvgIpc) is 2.64. The Bertz CT molecular complexity index is 455. The lowest BCUT2D eigenvalue weighted by Crippen LogP contribution is -2.46. The SMILES string of the molecule is CNC(=O)NC(=O)CN1C(=O)CC2(CCCCC2)C1=O. The molecule has 7 nitrogen and oxygen atoms in total. The van der Waals surface area contributed by atoms with Crippen molar-refractivity contribution < 1.29 is 19.2 Å². The lowest BCUT2D eigenvalue weighted by Gasteiger charge is -2.30. The molecule has 0 bridgehead atoms. The van der Waals surface area contributed by atoms with Gasteiger partial charge in [-0.1, -0.05) is 19.3 Å². The van der Waals surface area contributed by atoms with Crippen LogP contribution in [0, 0.1) is 5.41 Å². The van der Waals surface area contributed by atoms with Gasteiger partial charge in [0.25, 0.3) is 0 Å². The first-order valence-electron chi connectivity index (χ1n) is 6.85. The first-order valence-corrected chi connectivity index (χ1v) is 6.85. The minimum absolute atomic E-state index is 0.194. The molecule has 2 fully saturated rings. The van der Waals surface area contributed by atoms with Gasteiger partial charge < -0.3 is 5.32 Å². The molecule has 110 valence electrons. The van der Waals surface area contributed by atoms with Gasteiger partial charge in [0, 0.05) is 13.5 Å². The maximum absolute atomic E-state index is 12.4. The summed E-state index contributed by atoms with van der Waals surface area (Å²) in [7, 11) is 1.38. The van der Waals surface area contributed by atoms with Crippen LogP contribution in [0.25, 0.3) is 0 Å². The minimum atomic E-state index is -0.654. The third kappa shape index (κ3) is 2.66. The van der Waals surface area contributed by atoms with Gasteiger partial charge in [-0.25, -0.2) is 4.79 Å². The van der Waals surface area contributed by atoms with Crippen molar-refractivity contribution in [1.29, 1.82) is 0 Å². The van der Waals surface area contributed by atoms with Crippen molar-refractivity contribution in [2.75, 3.05) is 13.6 Å². The molecule has 1 aliphatic heterocycles. The number of carbonyl (C=O) groups is 4. The molecule has 7 heteroatoms. The van der Waals surface area contributed by atoms with E-state index in [4.69, 9.17) is 0 Å². The number of nitrogens with one attached hydrogen (secondary N) is 2. The van der Waals surface area contributed by atoms with Crippen LogP contribution in [0.1, 0.15) is 38.5 Å². The van der Waals surface area contributed by atoms with Gasteiger partial charge in [-0.3, -0.25) is 24.6 Å². The van der Waals surface area contributed by atoms with E-state index in [1.54, 1.807) is 0 Å². The van der Waals surface area contributed by atoms with E-state index in [0.29, 0.717) is 12.8 Å². The van der Waals surface area contributed by atoms with Crippen LogP contribution in [0.4, 0.5) is 4.79 Å². The maximum atomic E-state index is 12.4. The molecule has 0 atom stereocenters. The summed E-state index contributed by atoms with van der Waals surface area (Å²) in [5.74, 6) is -1.22. The highest BCUT2D eigenvalue weighted by Gasteiger charge is 2.51. The quantitative estimate of drug-likeness (QED) is 0.704. The molecular formula is C13H19N3O4. The fraction of sp³-hybridized carbons (Fsp3) is 0.692. The van der Waals surface area contributed by atoms with Crippen LogP contribution in [0.2, 0.25) is 0 Å². The molecule has 5 amide bonds. The number of carbonyl (C=O) groups excluding carboxylic acids is 4. The van der Waals surface area contributed by atoms with Crippen molar-refractivity contribution in [3.05, 3.63) is 0 Å². The van der Waals surface area contributed by atoms with E-state index < -0.39 is 17.4 Å². The second kappa shape index (κ2) is 5.60. The van der Waals surface area contributed by atoms with Gasteiger partial charge in [-0.15, -0.1) is 0 Å². The molecule has 1 heterocycles. The van der Waals surface area contributed by atoms with Crippen LogP contribution in [0.3, 0.4) is 0 Å². The Morgan fingerprint density at radius 3 is 2.45 bits per heavy atom. The van der Waals surface area contributed by atoms with Gasteiger partial charge in [0.1, 0.15) is 6.54 Å². The summed E-state index contributed by atoms with van der Waals surface area (Å²) >= 11 is 0. The van der Waals surface area contributed by atoms with Gasteiger partial charge >= 0.3 is 6.03 Å². The number of hydrogen-bond donors (Lipinski definition) is 2. The number of likely N-dealkylation sites (tertiary alicyclic amines) is 1. The van der Waals surface area contributed by atoms with Crippen LogP contribution < -0.4 is 10.6 Å². The number of urea groups is 1. The highest BCUT2D eigenvalue weighted by molar-refractivity contribution is 6.09. The summed E-state index contributed by atoms with van der Waals surface area (Å²) in [6.07, 6.45) is 4.59. The second-order valence-electron chi connectivity index (χ2n) is 5.43. The number of hydrogen-bond acceptors (Lipinski definition) is 4. The van der Waals surface area contributed by atoms with Crippen molar-refractivity contribution in [1.82, 2.24) is 15.5 Å². The second-order valence-corrected chi connectivity index (χ2v) is 5.43. The summed E-state index contributed by atoms with van der Waals surface area (Å²) < 4.78 is 0. The summed E-state index contributed by atoms with van der Waals surface area (Å²) in [4.78, 5) is 48.0. The first kappa shape index (κ1) is 14.5. The number of imide groups is 2. The zero-order valence-electron chi connectivity index (χ0n) is 11.5. The van der Waals surface area contributed by atoms with E-state index >= 15 is 0 Å². The number of rotatable bonds is 2.